The number of hydrogen-bond acceptors (Lipinski definition) is 3. The highest BCUT2D eigenvalue weighted by atomic mass is 19.1. The van der Waals surface area contributed by atoms with E-state index in [1.165, 1.54) is 12.1 Å². The second-order valence-corrected chi connectivity index (χ2v) is 6.82. The minimum absolute atomic E-state index is 0.0921. The van der Waals surface area contributed by atoms with Gasteiger partial charge in [-0.05, 0) is 47.3 Å². The van der Waals surface area contributed by atoms with E-state index >= 15 is 0 Å². The summed E-state index contributed by atoms with van der Waals surface area (Å²) in [6.45, 7) is 0.0921. The van der Waals surface area contributed by atoms with Gasteiger partial charge in [0, 0.05) is 24.0 Å². The molecule has 2 aromatic heterocycles. The predicted molar refractivity (Wildman–Crippen MR) is 108 cm³/mol. The topological polar surface area (TPSA) is 75.1 Å². The number of carbonyl (C=O) groups excluding carboxylic acids is 1. The van der Waals surface area contributed by atoms with Crippen LogP contribution in [0.3, 0.4) is 0 Å². The molecule has 0 bridgehead atoms. The molecule has 4 rings (SSSR count). The van der Waals surface area contributed by atoms with Crippen LogP contribution in [0.15, 0.2) is 82.2 Å². The largest absolute Gasteiger partial charge is 0.469 e. The highest BCUT2D eigenvalue weighted by molar-refractivity contribution is 5.84. The van der Waals surface area contributed by atoms with Gasteiger partial charge in [-0.2, -0.15) is 0 Å². The van der Waals surface area contributed by atoms with E-state index in [1.54, 1.807) is 36.6 Å². The summed E-state index contributed by atoms with van der Waals surface area (Å²) < 4.78 is 18.7. The number of furan rings is 1. The van der Waals surface area contributed by atoms with Gasteiger partial charge in [0.05, 0.1) is 12.2 Å². The Kier molecular flexibility index (Phi) is 5.24. The van der Waals surface area contributed by atoms with Gasteiger partial charge < -0.3 is 14.7 Å². The molecule has 1 amide bonds. The van der Waals surface area contributed by atoms with Gasteiger partial charge in [-0.25, -0.2) is 4.39 Å². The van der Waals surface area contributed by atoms with Gasteiger partial charge in [-0.15, -0.1) is 0 Å². The number of nitrogens with one attached hydrogen (secondary N) is 2. The van der Waals surface area contributed by atoms with Crippen molar-refractivity contribution in [1.82, 2.24) is 10.3 Å². The number of para-hydroxylation sites is 1. The average molecular weight is 390 g/mol. The number of aromatic amines is 1. The molecule has 6 heteroatoms. The van der Waals surface area contributed by atoms with Crippen LogP contribution < -0.4 is 10.9 Å². The van der Waals surface area contributed by atoms with Crippen LogP contribution in [0.2, 0.25) is 0 Å². The van der Waals surface area contributed by atoms with Crippen molar-refractivity contribution in [2.24, 2.45) is 0 Å². The normalized spacial score (nSPS) is 12.0. The number of aromatic nitrogens is 1. The van der Waals surface area contributed by atoms with E-state index in [4.69, 9.17) is 4.42 Å². The number of amides is 1. The third-order valence-corrected chi connectivity index (χ3v) is 4.86. The molecule has 0 saturated carbocycles. The average Bonchev–Trinajstić information content (AvgIpc) is 3.24. The van der Waals surface area contributed by atoms with Crippen molar-refractivity contribution < 1.29 is 13.6 Å². The van der Waals surface area contributed by atoms with Gasteiger partial charge in [0.2, 0.25) is 5.91 Å². The van der Waals surface area contributed by atoms with Crippen molar-refractivity contribution in [1.29, 1.82) is 0 Å². The number of carbonyl (C=O) groups is 1. The Balaban J connectivity index is 1.55. The second kappa shape index (κ2) is 8.14. The molecule has 2 aromatic carbocycles. The van der Waals surface area contributed by atoms with Crippen LogP contribution in [0.5, 0.6) is 0 Å². The van der Waals surface area contributed by atoms with E-state index in [-0.39, 0.29) is 23.8 Å². The van der Waals surface area contributed by atoms with Crippen LogP contribution in [0, 0.1) is 5.82 Å². The molecule has 0 aliphatic rings. The number of benzene rings is 2. The Morgan fingerprint density at radius 2 is 1.86 bits per heavy atom. The summed E-state index contributed by atoms with van der Waals surface area (Å²) in [6.07, 6.45) is 1.88. The van der Waals surface area contributed by atoms with Crippen LogP contribution in [-0.2, 0) is 17.8 Å². The summed E-state index contributed by atoms with van der Waals surface area (Å²) in [6, 6.07) is 18.6. The third-order valence-electron chi connectivity index (χ3n) is 4.86. The van der Waals surface area contributed by atoms with E-state index in [2.05, 4.69) is 10.3 Å². The van der Waals surface area contributed by atoms with Crippen LogP contribution in [0.25, 0.3) is 10.9 Å². The van der Waals surface area contributed by atoms with E-state index in [9.17, 15) is 14.0 Å². The maximum atomic E-state index is 13.3. The van der Waals surface area contributed by atoms with Crippen molar-refractivity contribution in [3.05, 3.63) is 106 Å². The Bertz CT molecular complexity index is 1180. The number of halogens is 1. The molecule has 2 N–H and O–H groups in total. The van der Waals surface area contributed by atoms with Gasteiger partial charge >= 0.3 is 0 Å². The molecule has 2 heterocycles. The van der Waals surface area contributed by atoms with E-state index in [0.29, 0.717) is 23.3 Å². The summed E-state index contributed by atoms with van der Waals surface area (Å²) in [5, 5.41) is 3.73. The van der Waals surface area contributed by atoms with Gasteiger partial charge in [-0.3, -0.25) is 9.59 Å². The number of H-pyrrole nitrogens is 1. The number of rotatable bonds is 6. The fourth-order valence-corrected chi connectivity index (χ4v) is 3.32. The molecule has 0 fully saturated rings. The van der Waals surface area contributed by atoms with Gasteiger partial charge in [0.25, 0.3) is 5.56 Å². The summed E-state index contributed by atoms with van der Waals surface area (Å²) in [5.74, 6) is -0.548. The first-order chi connectivity index (χ1) is 14.1. The first kappa shape index (κ1) is 18.7. The highest BCUT2D eigenvalue weighted by Gasteiger charge is 2.22. The van der Waals surface area contributed by atoms with E-state index in [0.717, 1.165) is 10.9 Å². The third kappa shape index (κ3) is 4.27. The maximum Gasteiger partial charge on any atom is 0.253 e. The summed E-state index contributed by atoms with van der Waals surface area (Å²) in [5.41, 5.74) is 1.64. The van der Waals surface area contributed by atoms with Gasteiger partial charge in [-0.1, -0.05) is 30.3 Å². The van der Waals surface area contributed by atoms with Gasteiger partial charge in [0.1, 0.15) is 11.6 Å². The lowest BCUT2D eigenvalue weighted by Crippen LogP contribution is -2.32. The first-order valence-corrected chi connectivity index (χ1v) is 9.26. The molecule has 0 saturated heterocycles. The molecular weight excluding hydrogens is 371 g/mol. The molecule has 29 heavy (non-hydrogen) atoms. The Labute approximate surface area is 166 Å². The maximum absolute atomic E-state index is 13.3. The number of pyridine rings is 1. The Morgan fingerprint density at radius 3 is 2.62 bits per heavy atom. The van der Waals surface area contributed by atoms with Crippen LogP contribution in [0.4, 0.5) is 4.39 Å². The summed E-state index contributed by atoms with van der Waals surface area (Å²) >= 11 is 0. The van der Waals surface area contributed by atoms with Crippen LogP contribution >= 0.6 is 0 Å². The predicted octanol–water partition coefficient (Wildman–Crippen LogP) is 3.90. The lowest BCUT2D eigenvalue weighted by atomic mass is 9.93. The van der Waals surface area contributed by atoms with Crippen LogP contribution in [0.1, 0.15) is 22.8 Å². The molecule has 1 unspecified atom stereocenters. The monoisotopic (exact) mass is 390 g/mol. The molecule has 0 aliphatic heterocycles. The minimum Gasteiger partial charge on any atom is -0.469 e. The quantitative estimate of drug-likeness (QED) is 0.524. The van der Waals surface area contributed by atoms with E-state index in [1.807, 2.05) is 24.3 Å². The van der Waals surface area contributed by atoms with E-state index < -0.39 is 5.92 Å². The fourth-order valence-electron chi connectivity index (χ4n) is 3.32. The second-order valence-electron chi connectivity index (χ2n) is 6.82. The molecule has 0 radical (unpaired) electrons. The zero-order valence-electron chi connectivity index (χ0n) is 15.5. The minimum atomic E-state index is -0.568. The number of hydrogen-bond donors (Lipinski definition) is 2. The highest BCUT2D eigenvalue weighted by Crippen LogP contribution is 2.22. The molecular formula is C23H19FN2O3. The molecule has 0 aliphatic carbocycles. The SMILES string of the molecule is O=C(NCc1cc2ccccc2[nH]c1=O)C(Cc1ccco1)c1ccc(F)cc1. The standard InChI is InChI=1S/C23H19FN2O3/c24-18-9-7-15(8-10-18)20(13-19-5-3-11-29-19)23(28)25-14-17-12-16-4-1-2-6-21(16)26-22(17)27/h1-12,20H,13-14H2,(H,25,28)(H,26,27). The zero-order valence-corrected chi connectivity index (χ0v) is 15.5. The van der Waals surface area contributed by atoms with Crippen LogP contribution in [-0.4, -0.2) is 10.9 Å². The van der Waals surface area contributed by atoms with Crippen molar-refractivity contribution in [3.8, 4) is 0 Å². The Morgan fingerprint density at radius 1 is 1.07 bits per heavy atom. The molecule has 5 nitrogen and oxygen atoms in total. The lowest BCUT2D eigenvalue weighted by Gasteiger charge is -2.16. The molecule has 4 aromatic rings. The molecule has 1 atom stereocenters. The van der Waals surface area contributed by atoms with Gasteiger partial charge in [0.15, 0.2) is 0 Å². The molecule has 0 spiro atoms. The summed E-state index contributed by atoms with van der Waals surface area (Å²) in [7, 11) is 0. The van der Waals surface area contributed by atoms with Crippen molar-refractivity contribution in [3.63, 3.8) is 0 Å². The fraction of sp³-hybridized carbons (Fsp3) is 0.130. The smallest absolute Gasteiger partial charge is 0.253 e. The Hall–Kier alpha value is -3.67. The first-order valence-electron chi connectivity index (χ1n) is 9.26. The number of fused-ring (bicyclic) bond motifs is 1. The van der Waals surface area contributed by atoms with Crippen molar-refractivity contribution in [2.75, 3.05) is 0 Å². The molecule has 146 valence electrons. The zero-order chi connectivity index (χ0) is 20.2. The lowest BCUT2D eigenvalue weighted by molar-refractivity contribution is -0.122. The van der Waals surface area contributed by atoms with Crippen molar-refractivity contribution in [2.45, 2.75) is 18.9 Å². The summed E-state index contributed by atoms with van der Waals surface area (Å²) in [4.78, 5) is 28.1. The van der Waals surface area contributed by atoms with Crippen molar-refractivity contribution >= 4 is 16.8 Å².